The number of hydrogen-bond acceptors (Lipinski definition) is 6. The lowest BCUT2D eigenvalue weighted by atomic mass is 10.0. The Morgan fingerprint density at radius 1 is 0.260 bits per heavy atom. The Labute approximate surface area is 455 Å². The van der Waals surface area contributed by atoms with Gasteiger partial charge in [-0.2, -0.15) is 0 Å². The minimum atomic E-state index is -0.774. The van der Waals surface area contributed by atoms with Crippen molar-refractivity contribution in [2.24, 2.45) is 0 Å². The molecule has 0 amide bonds. The van der Waals surface area contributed by atoms with Gasteiger partial charge in [0.1, 0.15) is 13.2 Å². The second kappa shape index (κ2) is 62.4. The van der Waals surface area contributed by atoms with Crippen LogP contribution in [-0.2, 0) is 28.6 Å². The lowest BCUT2D eigenvalue weighted by Crippen LogP contribution is -2.30. The van der Waals surface area contributed by atoms with Crippen LogP contribution < -0.4 is 0 Å². The predicted molar refractivity (Wildman–Crippen MR) is 316 cm³/mol. The number of carbonyl (C=O) groups excluding carboxylic acids is 3. The van der Waals surface area contributed by atoms with Gasteiger partial charge in [-0.05, 0) is 70.6 Å². The number of carbonyl (C=O) groups is 3. The Hall–Kier alpha value is -2.11. The van der Waals surface area contributed by atoms with Gasteiger partial charge in [0.15, 0.2) is 6.10 Å². The topological polar surface area (TPSA) is 78.9 Å². The van der Waals surface area contributed by atoms with E-state index in [1.165, 1.54) is 263 Å². The fourth-order valence-corrected chi connectivity index (χ4v) is 9.97. The predicted octanol–water partition coefficient (Wildman–Crippen LogP) is 22.2. The number of rotatable bonds is 61. The molecule has 0 radical (unpaired) electrons. The summed E-state index contributed by atoms with van der Waals surface area (Å²) in [6.07, 6.45) is 74.9. The molecule has 0 aliphatic heterocycles. The average Bonchev–Trinajstić information content (AvgIpc) is 3.39. The highest BCUT2D eigenvalue weighted by Gasteiger charge is 2.19. The second-order valence-electron chi connectivity index (χ2n) is 22.4. The summed E-state index contributed by atoms with van der Waals surface area (Å²) in [5.41, 5.74) is 0. The lowest BCUT2D eigenvalue weighted by molar-refractivity contribution is -0.167. The molecule has 0 saturated heterocycles. The Balaban J connectivity index is 4.19. The third kappa shape index (κ3) is 60.6. The second-order valence-corrected chi connectivity index (χ2v) is 22.4. The molecule has 0 spiro atoms. The first kappa shape index (κ1) is 70.9. The minimum absolute atomic E-state index is 0.0708. The average molecular weight is 1030 g/mol. The first-order valence-electron chi connectivity index (χ1n) is 32.8. The zero-order valence-corrected chi connectivity index (χ0v) is 49.4. The van der Waals surface area contributed by atoms with E-state index in [1.54, 1.807) is 0 Å². The molecule has 0 aliphatic carbocycles. The highest BCUT2D eigenvalue weighted by atomic mass is 16.6. The molecule has 0 heterocycles. The van der Waals surface area contributed by atoms with Gasteiger partial charge in [-0.1, -0.05) is 302 Å². The maximum absolute atomic E-state index is 12.9. The summed E-state index contributed by atoms with van der Waals surface area (Å²) >= 11 is 0. The maximum Gasteiger partial charge on any atom is 0.306 e. The van der Waals surface area contributed by atoms with E-state index in [9.17, 15) is 14.4 Å². The molecular weight excluding hydrogens is 901 g/mol. The summed E-state index contributed by atoms with van der Waals surface area (Å²) < 4.78 is 16.9. The summed E-state index contributed by atoms with van der Waals surface area (Å²) in [5.74, 6) is -0.860. The van der Waals surface area contributed by atoms with Crippen molar-refractivity contribution in [2.45, 2.75) is 374 Å². The standard InChI is InChI=1S/C67H126O6/c1-4-7-10-13-16-19-22-25-27-29-30-31-32-33-34-35-36-37-39-40-42-45-48-51-54-57-60-66(69)72-63-64(62-71-65(68)59-56-53-50-47-44-24-21-18-15-12-9-6-3)73-67(70)61-58-55-52-49-46-43-41-38-28-26-23-20-17-14-11-8-5-2/h18,21,26,28,64H,4-17,19-20,22-25,27,29-63H2,1-3H3/b21-18-,28-26-. The molecule has 0 aromatic carbocycles. The van der Waals surface area contributed by atoms with Crippen molar-refractivity contribution in [3.05, 3.63) is 24.3 Å². The molecule has 0 N–H and O–H groups in total. The van der Waals surface area contributed by atoms with Gasteiger partial charge in [0.05, 0.1) is 0 Å². The molecule has 6 heteroatoms. The van der Waals surface area contributed by atoms with Gasteiger partial charge in [0.25, 0.3) is 0 Å². The molecule has 0 saturated carbocycles. The lowest BCUT2D eigenvalue weighted by Gasteiger charge is -2.18. The van der Waals surface area contributed by atoms with Crippen molar-refractivity contribution in [3.63, 3.8) is 0 Å². The molecule has 1 atom stereocenters. The van der Waals surface area contributed by atoms with E-state index in [2.05, 4.69) is 45.1 Å². The summed E-state index contributed by atoms with van der Waals surface area (Å²) in [6, 6.07) is 0. The SMILES string of the molecule is CCCCC/C=C\CCCCCCCC(=O)OCC(COC(=O)CCCCCCCCCCCCCCCCCCCCCCCCCCCC)OC(=O)CCCCCCCCC/C=C\CCCCCCCC. The molecular formula is C67H126O6. The number of unbranched alkanes of at least 4 members (excludes halogenated alkanes) is 46. The van der Waals surface area contributed by atoms with Gasteiger partial charge in [-0.15, -0.1) is 0 Å². The summed E-state index contributed by atoms with van der Waals surface area (Å²) in [5, 5.41) is 0. The molecule has 0 aromatic heterocycles. The molecule has 1 unspecified atom stereocenters. The van der Waals surface area contributed by atoms with Crippen molar-refractivity contribution in [3.8, 4) is 0 Å². The number of hydrogen-bond donors (Lipinski definition) is 0. The fraction of sp³-hybridized carbons (Fsp3) is 0.896. The zero-order valence-electron chi connectivity index (χ0n) is 49.4. The quantitative estimate of drug-likeness (QED) is 0.0261. The molecule has 0 aromatic rings. The number of allylic oxidation sites excluding steroid dienone is 4. The first-order chi connectivity index (χ1) is 36.0. The van der Waals surface area contributed by atoms with E-state index < -0.39 is 6.10 Å². The van der Waals surface area contributed by atoms with Crippen molar-refractivity contribution < 1.29 is 28.6 Å². The molecule has 6 nitrogen and oxygen atoms in total. The van der Waals surface area contributed by atoms with E-state index in [0.29, 0.717) is 19.3 Å². The summed E-state index contributed by atoms with van der Waals surface area (Å²) in [6.45, 7) is 6.67. The van der Waals surface area contributed by atoms with Gasteiger partial charge in [0.2, 0.25) is 0 Å². The number of esters is 3. The van der Waals surface area contributed by atoms with Crippen molar-refractivity contribution in [2.75, 3.05) is 13.2 Å². The third-order valence-electron chi connectivity index (χ3n) is 14.9. The molecule has 0 fully saturated rings. The van der Waals surface area contributed by atoms with Crippen LogP contribution in [0.1, 0.15) is 367 Å². The van der Waals surface area contributed by atoms with Crippen LogP contribution in [-0.4, -0.2) is 37.2 Å². The Kier molecular flexibility index (Phi) is 60.6. The van der Waals surface area contributed by atoms with Gasteiger partial charge in [-0.25, -0.2) is 0 Å². The Bertz CT molecular complexity index is 1180. The largest absolute Gasteiger partial charge is 0.462 e. The van der Waals surface area contributed by atoms with Crippen molar-refractivity contribution >= 4 is 17.9 Å². The van der Waals surface area contributed by atoms with Crippen LogP contribution in [0, 0.1) is 0 Å². The summed E-state index contributed by atoms with van der Waals surface area (Å²) in [4.78, 5) is 38.3. The van der Waals surface area contributed by atoms with E-state index in [-0.39, 0.29) is 31.1 Å². The van der Waals surface area contributed by atoms with E-state index >= 15 is 0 Å². The van der Waals surface area contributed by atoms with Crippen LogP contribution in [0.15, 0.2) is 24.3 Å². The molecule has 430 valence electrons. The molecule has 73 heavy (non-hydrogen) atoms. The Morgan fingerprint density at radius 3 is 0.712 bits per heavy atom. The zero-order chi connectivity index (χ0) is 52.9. The monoisotopic (exact) mass is 1030 g/mol. The van der Waals surface area contributed by atoms with E-state index in [0.717, 1.165) is 64.2 Å². The van der Waals surface area contributed by atoms with Crippen molar-refractivity contribution in [1.82, 2.24) is 0 Å². The van der Waals surface area contributed by atoms with E-state index in [1.807, 2.05) is 0 Å². The number of ether oxygens (including phenoxy) is 3. The van der Waals surface area contributed by atoms with Crippen LogP contribution in [0.25, 0.3) is 0 Å². The van der Waals surface area contributed by atoms with E-state index in [4.69, 9.17) is 14.2 Å². The van der Waals surface area contributed by atoms with Crippen LogP contribution in [0.4, 0.5) is 0 Å². The first-order valence-corrected chi connectivity index (χ1v) is 32.8. The van der Waals surface area contributed by atoms with Crippen molar-refractivity contribution in [1.29, 1.82) is 0 Å². The Morgan fingerprint density at radius 2 is 0.452 bits per heavy atom. The third-order valence-corrected chi connectivity index (χ3v) is 14.9. The van der Waals surface area contributed by atoms with Crippen LogP contribution in [0.2, 0.25) is 0 Å². The van der Waals surface area contributed by atoms with Gasteiger partial charge in [-0.3, -0.25) is 14.4 Å². The smallest absolute Gasteiger partial charge is 0.306 e. The van der Waals surface area contributed by atoms with Gasteiger partial charge < -0.3 is 14.2 Å². The molecule has 0 rings (SSSR count). The maximum atomic E-state index is 12.9. The summed E-state index contributed by atoms with van der Waals surface area (Å²) in [7, 11) is 0. The highest BCUT2D eigenvalue weighted by molar-refractivity contribution is 5.71. The minimum Gasteiger partial charge on any atom is -0.462 e. The normalized spacial score (nSPS) is 12.1. The molecule has 0 bridgehead atoms. The van der Waals surface area contributed by atoms with Crippen LogP contribution in [0.3, 0.4) is 0 Å². The van der Waals surface area contributed by atoms with Gasteiger partial charge in [0, 0.05) is 19.3 Å². The highest BCUT2D eigenvalue weighted by Crippen LogP contribution is 2.18. The van der Waals surface area contributed by atoms with Crippen LogP contribution in [0.5, 0.6) is 0 Å². The van der Waals surface area contributed by atoms with Crippen LogP contribution >= 0.6 is 0 Å². The molecule has 0 aliphatic rings. The fourth-order valence-electron chi connectivity index (χ4n) is 9.97. The van der Waals surface area contributed by atoms with Gasteiger partial charge >= 0.3 is 17.9 Å².